The molecule has 1 aliphatic rings. The summed E-state index contributed by atoms with van der Waals surface area (Å²) in [6.45, 7) is 4.02. The maximum absolute atomic E-state index is 12.6. The lowest BCUT2D eigenvalue weighted by atomic mass is 10.2. The Morgan fingerprint density at radius 2 is 2.04 bits per heavy atom. The number of thioether (sulfide) groups is 1. The molecule has 0 radical (unpaired) electrons. The van der Waals surface area contributed by atoms with Crippen molar-refractivity contribution in [2.45, 2.75) is 26.3 Å². The van der Waals surface area contributed by atoms with Gasteiger partial charge in [-0.25, -0.2) is 0 Å². The summed E-state index contributed by atoms with van der Waals surface area (Å²) < 4.78 is 6.41. The van der Waals surface area contributed by atoms with Crippen LogP contribution in [0.25, 0.3) is 17.4 Å². The van der Waals surface area contributed by atoms with Crippen molar-refractivity contribution in [3.8, 4) is 11.3 Å². The van der Waals surface area contributed by atoms with Crippen LogP contribution < -0.4 is 0 Å². The molecule has 1 unspecified atom stereocenters. The molecule has 1 aliphatic heterocycles. The van der Waals surface area contributed by atoms with Gasteiger partial charge in [-0.2, -0.15) is 0 Å². The van der Waals surface area contributed by atoms with Crippen LogP contribution in [0.4, 0.5) is 0 Å². The first-order valence-electron chi connectivity index (χ1n) is 7.73. The Morgan fingerprint density at radius 1 is 1.28 bits per heavy atom. The first-order chi connectivity index (χ1) is 11.9. The van der Waals surface area contributed by atoms with E-state index in [9.17, 15) is 4.79 Å². The molecule has 1 fully saturated rings. The first kappa shape index (κ1) is 18.5. The lowest BCUT2D eigenvalue weighted by molar-refractivity contribution is -0.123. The van der Waals surface area contributed by atoms with Gasteiger partial charge in [0.05, 0.1) is 15.0 Å². The number of benzene rings is 1. The SMILES string of the molecule is CCC(C)N1C(=O)/C(=C\c2ccc(-c3ccc(Cl)c(Cl)c3)o2)SC1=S. The smallest absolute Gasteiger partial charge is 0.266 e. The number of thiocarbonyl (C=S) groups is 1. The standard InChI is InChI=1S/C18H15Cl2NO2S2/c1-3-10(2)21-17(22)16(25-18(21)24)9-12-5-7-15(23-12)11-4-6-13(19)14(20)8-11/h4-10H,3H2,1-2H3/b16-9+. The van der Waals surface area contributed by atoms with Gasteiger partial charge in [0.25, 0.3) is 5.91 Å². The zero-order valence-corrected chi connectivity index (χ0v) is 16.7. The molecule has 1 aromatic heterocycles. The van der Waals surface area contributed by atoms with Crippen LogP contribution in [0.3, 0.4) is 0 Å². The van der Waals surface area contributed by atoms with Crippen molar-refractivity contribution in [3.63, 3.8) is 0 Å². The Morgan fingerprint density at radius 3 is 2.72 bits per heavy atom. The molecule has 1 saturated heterocycles. The number of rotatable bonds is 4. The number of carbonyl (C=O) groups excluding carboxylic acids is 1. The van der Waals surface area contributed by atoms with Gasteiger partial charge in [0.1, 0.15) is 15.8 Å². The van der Waals surface area contributed by atoms with E-state index in [1.165, 1.54) is 11.8 Å². The van der Waals surface area contributed by atoms with Crippen molar-refractivity contribution in [3.05, 3.63) is 51.0 Å². The van der Waals surface area contributed by atoms with E-state index in [-0.39, 0.29) is 11.9 Å². The highest BCUT2D eigenvalue weighted by Crippen LogP contribution is 2.35. The van der Waals surface area contributed by atoms with Gasteiger partial charge in [0, 0.05) is 17.7 Å². The number of amides is 1. The Kier molecular flexibility index (Phi) is 5.58. The molecule has 2 aromatic rings. The average Bonchev–Trinajstić information content (AvgIpc) is 3.15. The number of hydrogen-bond donors (Lipinski definition) is 0. The van der Waals surface area contributed by atoms with E-state index >= 15 is 0 Å². The van der Waals surface area contributed by atoms with Gasteiger partial charge in [-0.1, -0.05) is 54.1 Å². The zero-order valence-electron chi connectivity index (χ0n) is 13.6. The number of carbonyl (C=O) groups is 1. The number of nitrogens with zero attached hydrogens (tertiary/aromatic N) is 1. The molecule has 0 N–H and O–H groups in total. The molecular weight excluding hydrogens is 397 g/mol. The number of furan rings is 1. The minimum atomic E-state index is -0.0724. The summed E-state index contributed by atoms with van der Waals surface area (Å²) in [5, 5.41) is 0.956. The molecule has 1 amide bonds. The fourth-order valence-electron chi connectivity index (χ4n) is 2.41. The highest BCUT2D eigenvalue weighted by Gasteiger charge is 2.34. The second kappa shape index (κ2) is 7.54. The normalized spacial score (nSPS) is 17.6. The van der Waals surface area contributed by atoms with E-state index in [4.69, 9.17) is 39.8 Å². The van der Waals surface area contributed by atoms with E-state index in [1.807, 2.05) is 32.0 Å². The van der Waals surface area contributed by atoms with Crippen molar-refractivity contribution < 1.29 is 9.21 Å². The first-order valence-corrected chi connectivity index (χ1v) is 9.71. The molecule has 2 heterocycles. The topological polar surface area (TPSA) is 33.5 Å². The fraction of sp³-hybridized carbons (Fsp3) is 0.222. The highest BCUT2D eigenvalue weighted by atomic mass is 35.5. The van der Waals surface area contributed by atoms with Crippen LogP contribution in [-0.2, 0) is 4.79 Å². The molecule has 0 bridgehead atoms. The van der Waals surface area contributed by atoms with Gasteiger partial charge in [0.2, 0.25) is 0 Å². The van der Waals surface area contributed by atoms with Gasteiger partial charge in [0.15, 0.2) is 0 Å². The third kappa shape index (κ3) is 3.80. The number of halogens is 2. The Bertz CT molecular complexity index is 876. The van der Waals surface area contributed by atoms with Gasteiger partial charge < -0.3 is 4.42 Å². The van der Waals surface area contributed by atoms with Crippen molar-refractivity contribution in [2.75, 3.05) is 0 Å². The Hall–Kier alpha value is -1.27. The Labute approximate surface area is 166 Å². The van der Waals surface area contributed by atoms with Crippen LogP contribution in [0.2, 0.25) is 10.0 Å². The quantitative estimate of drug-likeness (QED) is 0.439. The molecule has 3 rings (SSSR count). The maximum Gasteiger partial charge on any atom is 0.266 e. The van der Waals surface area contributed by atoms with Crippen LogP contribution in [0.5, 0.6) is 0 Å². The molecule has 0 aliphatic carbocycles. The molecular formula is C18H15Cl2NO2S2. The molecule has 0 saturated carbocycles. The predicted molar refractivity (Wildman–Crippen MR) is 109 cm³/mol. The maximum atomic E-state index is 12.6. The van der Waals surface area contributed by atoms with Crippen molar-refractivity contribution in [2.24, 2.45) is 0 Å². The summed E-state index contributed by atoms with van der Waals surface area (Å²) in [6, 6.07) is 9.03. The molecule has 130 valence electrons. The van der Waals surface area contributed by atoms with Crippen LogP contribution in [-0.4, -0.2) is 21.2 Å². The second-order valence-corrected chi connectivity index (χ2v) is 8.13. The lowest BCUT2D eigenvalue weighted by Gasteiger charge is -2.21. The van der Waals surface area contributed by atoms with E-state index in [0.717, 1.165) is 12.0 Å². The van der Waals surface area contributed by atoms with Crippen LogP contribution in [0, 0.1) is 0 Å². The summed E-state index contributed by atoms with van der Waals surface area (Å²) >= 11 is 18.6. The monoisotopic (exact) mass is 411 g/mol. The summed E-state index contributed by atoms with van der Waals surface area (Å²) in [5.41, 5.74) is 0.821. The largest absolute Gasteiger partial charge is 0.457 e. The van der Waals surface area contributed by atoms with Gasteiger partial charge in [-0.05, 0) is 43.7 Å². The summed E-state index contributed by atoms with van der Waals surface area (Å²) in [5.74, 6) is 1.17. The molecule has 1 atom stereocenters. The highest BCUT2D eigenvalue weighted by molar-refractivity contribution is 8.26. The van der Waals surface area contributed by atoms with E-state index in [2.05, 4.69) is 0 Å². The van der Waals surface area contributed by atoms with E-state index in [0.29, 0.717) is 30.8 Å². The van der Waals surface area contributed by atoms with Gasteiger partial charge >= 0.3 is 0 Å². The molecule has 0 spiro atoms. The van der Waals surface area contributed by atoms with Crippen LogP contribution in [0.15, 0.2) is 39.7 Å². The fourth-order valence-corrected chi connectivity index (χ4v) is 4.15. The minimum Gasteiger partial charge on any atom is -0.457 e. The Balaban J connectivity index is 1.86. The summed E-state index contributed by atoms with van der Waals surface area (Å²) in [4.78, 5) is 14.8. The second-order valence-electron chi connectivity index (χ2n) is 5.64. The predicted octanol–water partition coefficient (Wildman–Crippen LogP) is 6.25. The average molecular weight is 412 g/mol. The molecule has 1 aromatic carbocycles. The van der Waals surface area contributed by atoms with E-state index in [1.54, 1.807) is 23.1 Å². The molecule has 7 heteroatoms. The lowest BCUT2D eigenvalue weighted by Crippen LogP contribution is -2.36. The van der Waals surface area contributed by atoms with Crippen molar-refractivity contribution in [1.82, 2.24) is 4.90 Å². The third-order valence-corrected chi connectivity index (χ3v) is 6.03. The zero-order chi connectivity index (χ0) is 18.1. The molecule has 3 nitrogen and oxygen atoms in total. The minimum absolute atomic E-state index is 0.0724. The summed E-state index contributed by atoms with van der Waals surface area (Å²) in [6.07, 6.45) is 2.57. The van der Waals surface area contributed by atoms with Crippen molar-refractivity contribution >= 4 is 63.5 Å². The number of hydrogen-bond acceptors (Lipinski definition) is 4. The van der Waals surface area contributed by atoms with Crippen molar-refractivity contribution in [1.29, 1.82) is 0 Å². The van der Waals surface area contributed by atoms with E-state index < -0.39 is 0 Å². The third-order valence-electron chi connectivity index (χ3n) is 3.96. The van der Waals surface area contributed by atoms with Gasteiger partial charge in [-0.15, -0.1) is 0 Å². The van der Waals surface area contributed by atoms with Gasteiger partial charge in [-0.3, -0.25) is 9.69 Å². The van der Waals surface area contributed by atoms with Crippen LogP contribution in [0.1, 0.15) is 26.0 Å². The summed E-state index contributed by atoms with van der Waals surface area (Å²) in [7, 11) is 0. The van der Waals surface area contributed by atoms with Crippen LogP contribution >= 0.6 is 47.2 Å². The molecule has 25 heavy (non-hydrogen) atoms.